The fourth-order valence-corrected chi connectivity index (χ4v) is 5.52. The molecule has 0 bridgehead atoms. The van der Waals surface area contributed by atoms with Crippen LogP contribution in [0.1, 0.15) is 64.4 Å². The third kappa shape index (κ3) is 4.40. The number of hydrogen-bond acceptors (Lipinski definition) is 4. The highest BCUT2D eigenvalue weighted by Gasteiger charge is 2.49. The van der Waals surface area contributed by atoms with E-state index in [9.17, 15) is 4.79 Å². The van der Waals surface area contributed by atoms with Crippen LogP contribution in [-0.2, 0) is 0 Å². The van der Waals surface area contributed by atoms with Crippen LogP contribution in [0.4, 0.5) is 0 Å². The van der Waals surface area contributed by atoms with Crippen LogP contribution in [0.15, 0.2) is 66.4 Å². The molecule has 174 valence electrons. The highest BCUT2D eigenvalue weighted by Crippen LogP contribution is 2.54. The molecule has 1 N–H and O–H groups in total. The largest absolute Gasteiger partial charge is 0.344 e. The van der Waals surface area contributed by atoms with Crippen molar-refractivity contribution in [1.82, 2.24) is 20.2 Å². The molecule has 1 saturated heterocycles. The highest BCUT2D eigenvalue weighted by molar-refractivity contribution is 5.92. The van der Waals surface area contributed by atoms with Crippen molar-refractivity contribution in [1.29, 1.82) is 0 Å². The molecule has 34 heavy (non-hydrogen) atoms. The molecule has 1 atom stereocenters. The van der Waals surface area contributed by atoms with Crippen LogP contribution < -0.4 is 5.32 Å². The number of rotatable bonds is 5. The molecule has 1 spiro atoms. The van der Waals surface area contributed by atoms with Gasteiger partial charge in [0, 0.05) is 24.7 Å². The Morgan fingerprint density at radius 1 is 0.971 bits per heavy atom. The zero-order valence-electron chi connectivity index (χ0n) is 20.4. The van der Waals surface area contributed by atoms with E-state index < -0.39 is 0 Å². The minimum atomic E-state index is -0.185. The van der Waals surface area contributed by atoms with E-state index in [1.165, 1.54) is 48.2 Å². The first-order chi connectivity index (χ1) is 16.3. The molecule has 5 nitrogen and oxygen atoms in total. The average Bonchev–Trinajstić information content (AvgIpc) is 2.78. The van der Waals surface area contributed by atoms with Crippen LogP contribution in [0.25, 0.3) is 5.57 Å². The number of nitrogens with one attached hydrogen (secondary N) is 1. The van der Waals surface area contributed by atoms with Gasteiger partial charge < -0.3 is 10.2 Å². The minimum absolute atomic E-state index is 0.121. The maximum atomic E-state index is 12.6. The number of aromatic nitrogens is 2. The van der Waals surface area contributed by atoms with Crippen molar-refractivity contribution in [3.8, 4) is 0 Å². The van der Waals surface area contributed by atoms with Gasteiger partial charge in [0.05, 0.1) is 6.04 Å². The average molecular weight is 453 g/mol. The van der Waals surface area contributed by atoms with Crippen molar-refractivity contribution < 1.29 is 4.79 Å². The predicted molar refractivity (Wildman–Crippen MR) is 135 cm³/mol. The van der Waals surface area contributed by atoms with E-state index in [-0.39, 0.29) is 11.9 Å². The van der Waals surface area contributed by atoms with E-state index in [4.69, 9.17) is 0 Å². The smallest absolute Gasteiger partial charge is 0.270 e. The standard InChI is InChI=1S/C29H32N4O/c1-19-5-7-23(8-6-19)27(25-15-29(16-25)17-33(4)18-29)24-11-9-22(10-12-24)20(2)31-28(34)26-13-14-30-21(3)32-26/h5-14,20H,15-18H2,1-4H3,(H,31,34)/t20-/m1/s1. The SMILES string of the molecule is Cc1ccc(C(=C2CC3(C2)CN(C)C3)c2ccc([C@@H](C)NC(=O)c3ccnc(C)n3)cc2)cc1. The van der Waals surface area contributed by atoms with Crippen molar-refractivity contribution >= 4 is 11.5 Å². The van der Waals surface area contributed by atoms with Gasteiger partial charge >= 0.3 is 0 Å². The predicted octanol–water partition coefficient (Wildman–Crippen LogP) is 5.11. The van der Waals surface area contributed by atoms with Gasteiger partial charge in [0.1, 0.15) is 11.5 Å². The highest BCUT2D eigenvalue weighted by atomic mass is 16.1. The van der Waals surface area contributed by atoms with Gasteiger partial charge in [-0.05, 0) is 69.0 Å². The van der Waals surface area contributed by atoms with Gasteiger partial charge in [-0.3, -0.25) is 4.79 Å². The van der Waals surface area contributed by atoms with Crippen molar-refractivity contribution in [3.63, 3.8) is 0 Å². The molecule has 0 radical (unpaired) electrons. The van der Waals surface area contributed by atoms with Crippen LogP contribution in [-0.4, -0.2) is 40.9 Å². The zero-order chi connectivity index (χ0) is 23.9. The van der Waals surface area contributed by atoms with Crippen molar-refractivity contribution in [3.05, 3.63) is 100 Å². The van der Waals surface area contributed by atoms with E-state index in [0.717, 1.165) is 5.56 Å². The second-order valence-electron chi connectivity index (χ2n) is 10.2. The molecule has 2 fully saturated rings. The monoisotopic (exact) mass is 452 g/mol. The number of nitrogens with zero attached hydrogens (tertiary/aromatic N) is 3. The van der Waals surface area contributed by atoms with Gasteiger partial charge in [0.25, 0.3) is 5.91 Å². The van der Waals surface area contributed by atoms with Crippen LogP contribution in [0.3, 0.4) is 0 Å². The van der Waals surface area contributed by atoms with Crippen molar-refractivity contribution in [2.75, 3.05) is 20.1 Å². The Bertz CT molecular complexity index is 1230. The first kappa shape index (κ1) is 22.5. The molecular weight excluding hydrogens is 420 g/mol. The van der Waals surface area contributed by atoms with Crippen LogP contribution in [0, 0.1) is 19.3 Å². The lowest BCUT2D eigenvalue weighted by atomic mass is 9.59. The van der Waals surface area contributed by atoms with Gasteiger partial charge in [-0.1, -0.05) is 59.7 Å². The molecule has 2 heterocycles. The third-order valence-corrected chi connectivity index (χ3v) is 7.14. The summed E-state index contributed by atoms with van der Waals surface area (Å²) in [7, 11) is 2.21. The maximum absolute atomic E-state index is 12.6. The molecule has 1 aromatic heterocycles. The van der Waals surface area contributed by atoms with Gasteiger partial charge in [-0.2, -0.15) is 0 Å². The summed E-state index contributed by atoms with van der Waals surface area (Å²) in [6.07, 6.45) is 3.99. The second-order valence-corrected chi connectivity index (χ2v) is 10.2. The molecule has 1 aliphatic heterocycles. The maximum Gasteiger partial charge on any atom is 0.270 e. The number of carbonyl (C=O) groups excluding carboxylic acids is 1. The molecule has 5 heteroatoms. The molecule has 3 aromatic rings. The van der Waals surface area contributed by atoms with E-state index in [0.29, 0.717) is 16.9 Å². The summed E-state index contributed by atoms with van der Waals surface area (Å²) < 4.78 is 0. The molecular formula is C29H32N4O. The first-order valence-electron chi connectivity index (χ1n) is 12.0. The molecule has 1 amide bonds. The summed E-state index contributed by atoms with van der Waals surface area (Å²) in [6.45, 7) is 8.33. The number of hydrogen-bond donors (Lipinski definition) is 1. The van der Waals surface area contributed by atoms with Gasteiger partial charge in [-0.25, -0.2) is 9.97 Å². The summed E-state index contributed by atoms with van der Waals surface area (Å²) in [6, 6.07) is 19.1. The van der Waals surface area contributed by atoms with Gasteiger partial charge in [0.15, 0.2) is 0 Å². The summed E-state index contributed by atoms with van der Waals surface area (Å²) in [5.74, 6) is 0.405. The number of likely N-dealkylation sites (tertiary alicyclic amines) is 1. The number of aryl methyl sites for hydroxylation is 2. The zero-order valence-corrected chi connectivity index (χ0v) is 20.4. The Hall–Kier alpha value is -3.31. The first-order valence-corrected chi connectivity index (χ1v) is 12.0. The Balaban J connectivity index is 1.37. The van der Waals surface area contributed by atoms with Crippen LogP contribution in [0.2, 0.25) is 0 Å². The fraction of sp³-hybridized carbons (Fsp3) is 0.345. The topological polar surface area (TPSA) is 58.1 Å². The van der Waals surface area contributed by atoms with E-state index in [2.05, 4.69) is 82.7 Å². The van der Waals surface area contributed by atoms with E-state index >= 15 is 0 Å². The van der Waals surface area contributed by atoms with Gasteiger partial charge in [-0.15, -0.1) is 0 Å². The van der Waals surface area contributed by atoms with Crippen LogP contribution >= 0.6 is 0 Å². The van der Waals surface area contributed by atoms with Gasteiger partial charge in [0.2, 0.25) is 0 Å². The Morgan fingerprint density at radius 2 is 1.59 bits per heavy atom. The molecule has 2 aromatic carbocycles. The van der Waals surface area contributed by atoms with Crippen LogP contribution in [0.5, 0.6) is 0 Å². The molecule has 5 rings (SSSR count). The molecule has 1 saturated carbocycles. The summed E-state index contributed by atoms with van der Waals surface area (Å²) in [4.78, 5) is 23.3. The van der Waals surface area contributed by atoms with E-state index in [1.807, 2.05) is 6.92 Å². The number of carbonyl (C=O) groups is 1. The number of benzene rings is 2. The molecule has 2 aliphatic rings. The summed E-state index contributed by atoms with van der Waals surface area (Å²) >= 11 is 0. The van der Waals surface area contributed by atoms with Crippen molar-refractivity contribution in [2.24, 2.45) is 5.41 Å². The lowest BCUT2D eigenvalue weighted by Gasteiger charge is -2.56. The lowest BCUT2D eigenvalue weighted by molar-refractivity contribution is -0.0106. The van der Waals surface area contributed by atoms with Crippen molar-refractivity contribution in [2.45, 2.75) is 39.7 Å². The fourth-order valence-electron chi connectivity index (χ4n) is 5.52. The molecule has 1 aliphatic carbocycles. The third-order valence-electron chi connectivity index (χ3n) is 7.14. The number of amides is 1. The number of allylic oxidation sites excluding steroid dienone is 1. The Labute approximate surface area is 201 Å². The minimum Gasteiger partial charge on any atom is -0.344 e. The Morgan fingerprint density at radius 3 is 2.18 bits per heavy atom. The quantitative estimate of drug-likeness (QED) is 0.584. The van der Waals surface area contributed by atoms with E-state index in [1.54, 1.807) is 24.8 Å². The summed E-state index contributed by atoms with van der Waals surface area (Å²) in [5.41, 5.74) is 8.71. The normalized spacial score (nSPS) is 17.6. The Kier molecular flexibility index (Phi) is 5.82. The molecule has 0 unspecified atom stereocenters. The lowest BCUT2D eigenvalue weighted by Crippen LogP contribution is -2.58. The summed E-state index contributed by atoms with van der Waals surface area (Å²) in [5, 5.41) is 3.06. The second kappa shape index (κ2) is 8.80.